The number of aromatic carboxylic acids is 1. The van der Waals surface area contributed by atoms with Crippen molar-refractivity contribution < 1.29 is 14.7 Å². The number of carboxylic acid groups (broad SMARTS) is 1. The van der Waals surface area contributed by atoms with Gasteiger partial charge in [-0.15, -0.1) is 11.8 Å². The van der Waals surface area contributed by atoms with Crippen molar-refractivity contribution in [3.8, 4) is 0 Å². The Hall–Kier alpha value is -2.73. The number of aryl methyl sites for hydroxylation is 2. The second kappa shape index (κ2) is 7.25. The molecule has 0 saturated heterocycles. The molecule has 1 heterocycles. The second-order valence-corrected chi connectivity index (χ2v) is 7.05. The molecule has 1 aromatic heterocycles. The predicted octanol–water partition coefficient (Wildman–Crippen LogP) is 4.09. The molecular formula is C20H20N2O3S. The first-order valence-electron chi connectivity index (χ1n) is 8.16. The fourth-order valence-corrected chi connectivity index (χ4v) is 3.61. The lowest BCUT2D eigenvalue weighted by atomic mass is 10.0. The Morgan fingerprint density at radius 3 is 2.65 bits per heavy atom. The number of amides is 1. The molecule has 0 spiro atoms. The highest BCUT2D eigenvalue weighted by Crippen LogP contribution is 2.27. The fourth-order valence-electron chi connectivity index (χ4n) is 3.15. The zero-order valence-electron chi connectivity index (χ0n) is 14.9. The molecule has 134 valence electrons. The van der Waals surface area contributed by atoms with Gasteiger partial charge in [0.25, 0.3) is 0 Å². The van der Waals surface area contributed by atoms with Crippen LogP contribution in [0.25, 0.3) is 10.9 Å². The number of nitrogens with one attached hydrogen (secondary N) is 1. The van der Waals surface area contributed by atoms with Gasteiger partial charge in [-0.2, -0.15) is 0 Å². The van der Waals surface area contributed by atoms with Gasteiger partial charge in [0.05, 0.1) is 6.42 Å². The summed E-state index contributed by atoms with van der Waals surface area (Å²) in [6.07, 6.45) is 1.98. The van der Waals surface area contributed by atoms with Crippen LogP contribution in [0, 0.1) is 6.92 Å². The van der Waals surface area contributed by atoms with Crippen molar-refractivity contribution in [1.82, 2.24) is 4.57 Å². The third-order valence-electron chi connectivity index (χ3n) is 4.35. The Kier molecular flexibility index (Phi) is 5.04. The van der Waals surface area contributed by atoms with Crippen LogP contribution in [0.4, 0.5) is 5.69 Å². The predicted molar refractivity (Wildman–Crippen MR) is 105 cm³/mol. The van der Waals surface area contributed by atoms with E-state index >= 15 is 0 Å². The van der Waals surface area contributed by atoms with E-state index in [9.17, 15) is 14.7 Å². The lowest BCUT2D eigenvalue weighted by Crippen LogP contribution is -2.17. The van der Waals surface area contributed by atoms with Gasteiger partial charge in [0.1, 0.15) is 5.69 Å². The highest BCUT2D eigenvalue weighted by Gasteiger charge is 2.22. The number of thioether (sulfide) groups is 1. The van der Waals surface area contributed by atoms with Crippen molar-refractivity contribution in [1.29, 1.82) is 0 Å². The van der Waals surface area contributed by atoms with Crippen LogP contribution in [-0.4, -0.2) is 27.8 Å². The van der Waals surface area contributed by atoms with E-state index < -0.39 is 5.97 Å². The van der Waals surface area contributed by atoms with Crippen LogP contribution < -0.4 is 5.32 Å². The largest absolute Gasteiger partial charge is 0.477 e. The molecule has 0 aliphatic heterocycles. The molecule has 0 atom stereocenters. The zero-order valence-corrected chi connectivity index (χ0v) is 15.7. The van der Waals surface area contributed by atoms with E-state index in [0.717, 1.165) is 21.4 Å². The van der Waals surface area contributed by atoms with Gasteiger partial charge in [0.15, 0.2) is 0 Å². The fraction of sp³-hybridized carbons (Fsp3) is 0.200. The lowest BCUT2D eigenvalue weighted by molar-refractivity contribution is -0.115. The molecule has 0 aliphatic carbocycles. The van der Waals surface area contributed by atoms with Crippen LogP contribution in [0.1, 0.15) is 21.6 Å². The topological polar surface area (TPSA) is 71.3 Å². The van der Waals surface area contributed by atoms with Crippen molar-refractivity contribution in [3.63, 3.8) is 0 Å². The van der Waals surface area contributed by atoms with Gasteiger partial charge < -0.3 is 15.0 Å². The average molecular weight is 368 g/mol. The third kappa shape index (κ3) is 3.46. The molecule has 26 heavy (non-hydrogen) atoms. The van der Waals surface area contributed by atoms with Crippen molar-refractivity contribution >= 4 is 40.2 Å². The standard InChI is InChI=1S/C20H20N2O3S/c1-12-7-8-17-15(9-12)16(19(20(24)25)22(17)2)11-18(23)21-13-5-4-6-14(10-13)26-3/h4-10H,11H2,1-3H3,(H,21,23)(H,24,25). The molecule has 0 fully saturated rings. The van der Waals surface area contributed by atoms with E-state index in [-0.39, 0.29) is 18.0 Å². The molecule has 0 bridgehead atoms. The Balaban J connectivity index is 1.96. The summed E-state index contributed by atoms with van der Waals surface area (Å²) in [5.41, 5.74) is 3.22. The highest BCUT2D eigenvalue weighted by atomic mass is 32.2. The first-order valence-corrected chi connectivity index (χ1v) is 9.38. The summed E-state index contributed by atoms with van der Waals surface area (Å²) < 4.78 is 1.63. The number of anilines is 1. The summed E-state index contributed by atoms with van der Waals surface area (Å²) in [5, 5.41) is 13.3. The maximum Gasteiger partial charge on any atom is 0.352 e. The van der Waals surface area contributed by atoms with Crippen LogP contribution in [0.3, 0.4) is 0 Å². The van der Waals surface area contributed by atoms with Crippen molar-refractivity contribution in [2.24, 2.45) is 7.05 Å². The van der Waals surface area contributed by atoms with Crippen LogP contribution in [0.2, 0.25) is 0 Å². The first kappa shape index (κ1) is 18.1. The lowest BCUT2D eigenvalue weighted by Gasteiger charge is -2.07. The number of carbonyl (C=O) groups excluding carboxylic acids is 1. The highest BCUT2D eigenvalue weighted by molar-refractivity contribution is 7.98. The Labute approximate surface area is 156 Å². The van der Waals surface area contributed by atoms with Gasteiger partial charge in [0, 0.05) is 34.1 Å². The minimum absolute atomic E-state index is 0.00588. The molecular weight excluding hydrogens is 348 g/mol. The maximum absolute atomic E-state index is 12.6. The first-order chi connectivity index (χ1) is 12.4. The van der Waals surface area contributed by atoms with Gasteiger partial charge in [0.2, 0.25) is 5.91 Å². The zero-order chi connectivity index (χ0) is 18.8. The minimum Gasteiger partial charge on any atom is -0.477 e. The number of nitrogens with zero attached hydrogens (tertiary/aromatic N) is 1. The normalized spacial score (nSPS) is 10.9. The van der Waals surface area contributed by atoms with Crippen LogP contribution in [-0.2, 0) is 18.3 Å². The van der Waals surface area contributed by atoms with E-state index in [2.05, 4.69) is 5.32 Å². The van der Waals surface area contributed by atoms with E-state index in [0.29, 0.717) is 11.3 Å². The number of hydrogen-bond acceptors (Lipinski definition) is 3. The molecule has 0 unspecified atom stereocenters. The molecule has 6 heteroatoms. The van der Waals surface area contributed by atoms with E-state index in [1.165, 1.54) is 0 Å². The van der Waals surface area contributed by atoms with Crippen LogP contribution in [0.15, 0.2) is 47.4 Å². The summed E-state index contributed by atoms with van der Waals surface area (Å²) in [4.78, 5) is 25.4. The van der Waals surface area contributed by atoms with E-state index in [1.807, 2.05) is 55.6 Å². The molecule has 3 rings (SSSR count). The quantitative estimate of drug-likeness (QED) is 0.666. The Morgan fingerprint density at radius 1 is 1.19 bits per heavy atom. The monoisotopic (exact) mass is 368 g/mol. The molecule has 5 nitrogen and oxygen atoms in total. The van der Waals surface area contributed by atoms with Crippen molar-refractivity contribution in [2.45, 2.75) is 18.2 Å². The molecule has 0 aliphatic rings. The number of aromatic nitrogens is 1. The Bertz CT molecular complexity index is 1010. The smallest absolute Gasteiger partial charge is 0.352 e. The van der Waals surface area contributed by atoms with Crippen LogP contribution in [0.5, 0.6) is 0 Å². The van der Waals surface area contributed by atoms with Crippen molar-refractivity contribution in [2.75, 3.05) is 11.6 Å². The van der Waals surface area contributed by atoms with Gasteiger partial charge in [-0.1, -0.05) is 17.7 Å². The van der Waals surface area contributed by atoms with Gasteiger partial charge in [-0.05, 0) is 43.5 Å². The molecule has 2 aromatic carbocycles. The number of rotatable bonds is 5. The minimum atomic E-state index is -1.03. The number of carboxylic acids is 1. The number of benzene rings is 2. The summed E-state index contributed by atoms with van der Waals surface area (Å²) in [6, 6.07) is 13.3. The van der Waals surface area contributed by atoms with Gasteiger partial charge >= 0.3 is 5.97 Å². The number of hydrogen-bond donors (Lipinski definition) is 2. The summed E-state index contributed by atoms with van der Waals surface area (Å²) >= 11 is 1.59. The van der Waals surface area contributed by atoms with E-state index in [1.54, 1.807) is 23.4 Å². The summed E-state index contributed by atoms with van der Waals surface area (Å²) in [5.74, 6) is -1.27. The molecule has 0 radical (unpaired) electrons. The van der Waals surface area contributed by atoms with E-state index in [4.69, 9.17) is 0 Å². The number of carbonyl (C=O) groups is 2. The van der Waals surface area contributed by atoms with Gasteiger partial charge in [-0.3, -0.25) is 4.79 Å². The van der Waals surface area contributed by atoms with Crippen molar-refractivity contribution in [3.05, 3.63) is 59.3 Å². The number of fused-ring (bicyclic) bond motifs is 1. The Morgan fingerprint density at radius 2 is 1.96 bits per heavy atom. The molecule has 1 amide bonds. The molecule has 0 saturated carbocycles. The van der Waals surface area contributed by atoms with Crippen LogP contribution >= 0.6 is 11.8 Å². The SMILES string of the molecule is CSc1cccc(NC(=O)Cc2c(C(=O)O)n(C)c3ccc(C)cc23)c1. The molecule has 3 aromatic rings. The third-order valence-corrected chi connectivity index (χ3v) is 5.08. The van der Waals surface area contributed by atoms with Gasteiger partial charge in [-0.25, -0.2) is 4.79 Å². The average Bonchev–Trinajstić information content (AvgIpc) is 2.86. The molecule has 2 N–H and O–H groups in total. The maximum atomic E-state index is 12.6. The summed E-state index contributed by atoms with van der Waals surface area (Å²) in [7, 11) is 1.71. The summed E-state index contributed by atoms with van der Waals surface area (Å²) in [6.45, 7) is 1.95. The second-order valence-electron chi connectivity index (χ2n) is 6.17.